The van der Waals surface area contributed by atoms with Crippen molar-refractivity contribution in [2.75, 3.05) is 12.4 Å². The molecule has 2 aromatic rings. The summed E-state index contributed by atoms with van der Waals surface area (Å²) >= 11 is 1.26. The quantitative estimate of drug-likeness (QED) is 0.655. The second kappa shape index (κ2) is 9.86. The summed E-state index contributed by atoms with van der Waals surface area (Å²) in [6.07, 6.45) is 3.32. The van der Waals surface area contributed by atoms with Crippen LogP contribution in [-0.4, -0.2) is 35.2 Å². The third-order valence-corrected chi connectivity index (χ3v) is 4.64. The molecule has 0 radical (unpaired) electrons. The Kier molecular flexibility index (Phi) is 7.53. The van der Waals surface area contributed by atoms with Crippen molar-refractivity contribution in [2.24, 2.45) is 0 Å². The molecule has 0 unspecified atom stereocenters. The molecule has 1 heterocycles. The van der Waals surface area contributed by atoms with Crippen molar-refractivity contribution in [3.8, 4) is 16.3 Å². The summed E-state index contributed by atoms with van der Waals surface area (Å²) in [6, 6.07) is 6.83. The molecule has 0 saturated carbocycles. The third-order valence-electron chi connectivity index (χ3n) is 3.75. The molecule has 2 rings (SSSR count). The highest BCUT2D eigenvalue weighted by Gasteiger charge is 2.17. The predicted octanol–water partition coefficient (Wildman–Crippen LogP) is 3.24. The SMILES string of the molecule is CCCCCC(=O)N[C@H](C)C(=O)Nc1nnc(-c2cccc(OC)c2)s1. The fourth-order valence-corrected chi connectivity index (χ4v) is 3.02. The Morgan fingerprint density at radius 1 is 1.27 bits per heavy atom. The number of benzene rings is 1. The van der Waals surface area contributed by atoms with Crippen LogP contribution in [-0.2, 0) is 9.59 Å². The van der Waals surface area contributed by atoms with Crippen LogP contribution < -0.4 is 15.4 Å². The van der Waals surface area contributed by atoms with Crippen molar-refractivity contribution in [3.63, 3.8) is 0 Å². The molecule has 0 fully saturated rings. The highest BCUT2D eigenvalue weighted by molar-refractivity contribution is 7.18. The number of hydrogen-bond acceptors (Lipinski definition) is 6. The maximum Gasteiger partial charge on any atom is 0.248 e. The minimum atomic E-state index is -0.631. The van der Waals surface area contributed by atoms with Crippen LogP contribution in [0.5, 0.6) is 5.75 Å². The molecule has 0 spiro atoms. The average Bonchev–Trinajstić information content (AvgIpc) is 3.10. The molecule has 0 bridgehead atoms. The van der Waals surface area contributed by atoms with Crippen molar-refractivity contribution < 1.29 is 14.3 Å². The van der Waals surface area contributed by atoms with Gasteiger partial charge >= 0.3 is 0 Å². The van der Waals surface area contributed by atoms with Gasteiger partial charge in [0.15, 0.2) is 0 Å². The molecule has 8 heteroatoms. The lowest BCUT2D eigenvalue weighted by atomic mass is 10.2. The van der Waals surface area contributed by atoms with E-state index in [1.165, 1.54) is 11.3 Å². The molecule has 0 saturated heterocycles. The lowest BCUT2D eigenvalue weighted by Crippen LogP contribution is -2.41. The van der Waals surface area contributed by atoms with Gasteiger partial charge in [0.05, 0.1) is 7.11 Å². The standard InChI is InChI=1S/C18H24N4O3S/c1-4-5-6-10-15(23)19-12(2)16(24)20-18-22-21-17(26-18)13-8-7-9-14(11-13)25-3/h7-9,11-12H,4-6,10H2,1-3H3,(H,19,23)(H,20,22,24)/t12-/m1/s1. The number of amides is 2. The van der Waals surface area contributed by atoms with Gasteiger partial charge < -0.3 is 10.1 Å². The second-order valence-corrected chi connectivity index (χ2v) is 6.86. The van der Waals surface area contributed by atoms with E-state index in [9.17, 15) is 9.59 Å². The highest BCUT2D eigenvalue weighted by atomic mass is 32.1. The zero-order valence-electron chi connectivity index (χ0n) is 15.2. The monoisotopic (exact) mass is 376 g/mol. The summed E-state index contributed by atoms with van der Waals surface area (Å²) in [4.78, 5) is 24.0. The Labute approximate surface area is 157 Å². The van der Waals surface area contributed by atoms with E-state index < -0.39 is 6.04 Å². The first-order valence-corrected chi connectivity index (χ1v) is 9.43. The van der Waals surface area contributed by atoms with Crippen molar-refractivity contribution >= 4 is 28.3 Å². The number of carbonyl (C=O) groups is 2. The van der Waals surface area contributed by atoms with Crippen LogP contribution in [0.25, 0.3) is 10.6 Å². The van der Waals surface area contributed by atoms with Crippen molar-refractivity contribution in [1.82, 2.24) is 15.5 Å². The van der Waals surface area contributed by atoms with E-state index in [4.69, 9.17) is 4.74 Å². The number of nitrogens with zero attached hydrogens (tertiary/aromatic N) is 2. The molecular formula is C18H24N4O3S. The van der Waals surface area contributed by atoms with E-state index in [-0.39, 0.29) is 11.8 Å². The number of aromatic nitrogens is 2. The van der Waals surface area contributed by atoms with E-state index >= 15 is 0 Å². The average molecular weight is 376 g/mol. The van der Waals surface area contributed by atoms with Gasteiger partial charge in [0.2, 0.25) is 16.9 Å². The molecule has 26 heavy (non-hydrogen) atoms. The summed E-state index contributed by atoms with van der Waals surface area (Å²) in [7, 11) is 1.60. The third kappa shape index (κ3) is 5.80. The van der Waals surface area contributed by atoms with Crippen molar-refractivity contribution in [2.45, 2.75) is 45.6 Å². The van der Waals surface area contributed by atoms with Gasteiger partial charge in [-0.1, -0.05) is 43.2 Å². The predicted molar refractivity (Wildman–Crippen MR) is 102 cm³/mol. The lowest BCUT2D eigenvalue weighted by Gasteiger charge is -2.12. The summed E-state index contributed by atoms with van der Waals surface area (Å²) in [5, 5.41) is 14.5. The summed E-state index contributed by atoms with van der Waals surface area (Å²) in [5.74, 6) is 0.292. The Balaban J connectivity index is 1.91. The largest absolute Gasteiger partial charge is 0.497 e. The number of carbonyl (C=O) groups excluding carboxylic acids is 2. The lowest BCUT2D eigenvalue weighted by molar-refractivity contribution is -0.126. The van der Waals surface area contributed by atoms with Gasteiger partial charge in [-0.05, 0) is 25.5 Å². The van der Waals surface area contributed by atoms with Crippen LogP contribution in [0.4, 0.5) is 5.13 Å². The number of ether oxygens (including phenoxy) is 1. The molecule has 2 N–H and O–H groups in total. The molecule has 1 aromatic carbocycles. The van der Waals surface area contributed by atoms with Crippen LogP contribution in [0.15, 0.2) is 24.3 Å². The van der Waals surface area contributed by atoms with Crippen molar-refractivity contribution in [3.05, 3.63) is 24.3 Å². The van der Waals surface area contributed by atoms with Crippen LogP contribution >= 0.6 is 11.3 Å². The van der Waals surface area contributed by atoms with Crippen LogP contribution in [0, 0.1) is 0 Å². The second-order valence-electron chi connectivity index (χ2n) is 5.88. The Morgan fingerprint density at radius 2 is 2.08 bits per heavy atom. The summed E-state index contributed by atoms with van der Waals surface area (Å²) in [5.41, 5.74) is 0.861. The first-order valence-electron chi connectivity index (χ1n) is 8.61. The maximum absolute atomic E-state index is 12.2. The fraction of sp³-hybridized carbons (Fsp3) is 0.444. The molecule has 1 aromatic heterocycles. The van der Waals surface area contributed by atoms with Crippen LogP contribution in [0.2, 0.25) is 0 Å². The number of unbranched alkanes of at least 4 members (excludes halogenated alkanes) is 2. The summed E-state index contributed by atoms with van der Waals surface area (Å²) < 4.78 is 5.20. The minimum absolute atomic E-state index is 0.115. The smallest absolute Gasteiger partial charge is 0.248 e. The van der Waals surface area contributed by atoms with Gasteiger partial charge in [0.1, 0.15) is 16.8 Å². The number of rotatable bonds is 9. The molecule has 7 nitrogen and oxygen atoms in total. The molecule has 0 aliphatic rings. The number of nitrogens with one attached hydrogen (secondary N) is 2. The number of methoxy groups -OCH3 is 1. The van der Waals surface area contributed by atoms with E-state index in [0.29, 0.717) is 16.6 Å². The normalized spacial score (nSPS) is 11.7. The van der Waals surface area contributed by atoms with Crippen LogP contribution in [0.1, 0.15) is 39.5 Å². The number of hydrogen-bond donors (Lipinski definition) is 2. The van der Waals surface area contributed by atoms with Gasteiger partial charge in [-0.2, -0.15) is 0 Å². The fourth-order valence-electron chi connectivity index (χ4n) is 2.27. The first-order chi connectivity index (χ1) is 12.5. The minimum Gasteiger partial charge on any atom is -0.497 e. The van der Waals surface area contributed by atoms with E-state index in [1.807, 2.05) is 24.3 Å². The molecule has 0 aliphatic carbocycles. The van der Waals surface area contributed by atoms with E-state index in [0.717, 1.165) is 30.6 Å². The van der Waals surface area contributed by atoms with Gasteiger partial charge in [-0.3, -0.25) is 14.9 Å². The van der Waals surface area contributed by atoms with E-state index in [1.54, 1.807) is 14.0 Å². The van der Waals surface area contributed by atoms with Gasteiger partial charge in [-0.15, -0.1) is 10.2 Å². The molecule has 0 aliphatic heterocycles. The van der Waals surface area contributed by atoms with Gasteiger partial charge in [-0.25, -0.2) is 0 Å². The van der Waals surface area contributed by atoms with Gasteiger partial charge in [0, 0.05) is 12.0 Å². The topological polar surface area (TPSA) is 93.2 Å². The highest BCUT2D eigenvalue weighted by Crippen LogP contribution is 2.28. The van der Waals surface area contributed by atoms with Gasteiger partial charge in [0.25, 0.3) is 0 Å². The van der Waals surface area contributed by atoms with Crippen LogP contribution in [0.3, 0.4) is 0 Å². The zero-order valence-corrected chi connectivity index (χ0v) is 16.1. The molecule has 2 amide bonds. The maximum atomic E-state index is 12.2. The molecular weight excluding hydrogens is 352 g/mol. The Bertz CT molecular complexity index is 748. The molecule has 140 valence electrons. The first kappa shape index (κ1) is 19.8. The van der Waals surface area contributed by atoms with E-state index in [2.05, 4.69) is 27.8 Å². The zero-order chi connectivity index (χ0) is 18.9. The van der Waals surface area contributed by atoms with Crippen molar-refractivity contribution in [1.29, 1.82) is 0 Å². The molecule has 1 atom stereocenters. The number of anilines is 1. The summed E-state index contributed by atoms with van der Waals surface area (Å²) in [6.45, 7) is 3.73. The Morgan fingerprint density at radius 3 is 2.81 bits per heavy atom. The Hall–Kier alpha value is -2.48.